The molecule has 0 saturated carbocycles. The molecule has 1 N–H and O–H groups in total. The maximum absolute atomic E-state index is 5.45. The molecule has 0 spiro atoms. The molecular weight excluding hydrogens is 228 g/mol. The molecule has 0 amide bonds. The molecule has 4 nitrogen and oxygen atoms in total. The van der Waals surface area contributed by atoms with Gasteiger partial charge in [0.25, 0.3) is 0 Å². The Bertz CT molecular complexity index is 331. The van der Waals surface area contributed by atoms with Gasteiger partial charge in [0.1, 0.15) is 6.61 Å². The third-order valence-corrected chi connectivity index (χ3v) is 2.30. The zero-order valence-electron chi connectivity index (χ0n) is 11.8. The molecular formula is C14H24N2O2. The summed E-state index contributed by atoms with van der Waals surface area (Å²) < 4.78 is 10.6. The van der Waals surface area contributed by atoms with E-state index in [0.717, 1.165) is 12.1 Å². The van der Waals surface area contributed by atoms with Crippen molar-refractivity contribution in [1.82, 2.24) is 10.3 Å². The molecule has 0 saturated heterocycles. The van der Waals surface area contributed by atoms with Gasteiger partial charge in [0.05, 0.1) is 6.61 Å². The standard InChI is InChI=1S/C14H24N2O2/c1-5-17-8-9-18-13-7-6-12(10-15-13)11-16-14(2,3)4/h6-7,10,16H,5,8-9,11H2,1-4H3. The van der Waals surface area contributed by atoms with Crippen molar-refractivity contribution < 1.29 is 9.47 Å². The van der Waals surface area contributed by atoms with Crippen LogP contribution >= 0.6 is 0 Å². The largest absolute Gasteiger partial charge is 0.475 e. The van der Waals surface area contributed by atoms with Crippen LogP contribution in [0.1, 0.15) is 33.3 Å². The number of aromatic nitrogens is 1. The zero-order chi connectivity index (χ0) is 13.4. The maximum Gasteiger partial charge on any atom is 0.213 e. The van der Waals surface area contributed by atoms with Crippen molar-refractivity contribution in [3.8, 4) is 5.88 Å². The topological polar surface area (TPSA) is 43.4 Å². The van der Waals surface area contributed by atoms with Gasteiger partial charge in [-0.25, -0.2) is 4.98 Å². The number of nitrogens with zero attached hydrogens (tertiary/aromatic N) is 1. The third-order valence-electron chi connectivity index (χ3n) is 2.30. The van der Waals surface area contributed by atoms with Gasteiger partial charge >= 0.3 is 0 Å². The number of hydrogen-bond donors (Lipinski definition) is 1. The number of ether oxygens (including phenoxy) is 2. The van der Waals surface area contributed by atoms with Crippen molar-refractivity contribution in [3.05, 3.63) is 23.9 Å². The summed E-state index contributed by atoms with van der Waals surface area (Å²) >= 11 is 0. The van der Waals surface area contributed by atoms with Gasteiger partial charge in [-0.3, -0.25) is 0 Å². The third kappa shape index (κ3) is 6.57. The number of rotatable bonds is 7. The van der Waals surface area contributed by atoms with E-state index >= 15 is 0 Å². The molecule has 18 heavy (non-hydrogen) atoms. The van der Waals surface area contributed by atoms with Gasteiger partial charge in [-0.2, -0.15) is 0 Å². The summed E-state index contributed by atoms with van der Waals surface area (Å²) in [6.07, 6.45) is 1.84. The maximum atomic E-state index is 5.45. The van der Waals surface area contributed by atoms with E-state index in [0.29, 0.717) is 25.7 Å². The Kier molecular flexibility index (Phi) is 6.09. The molecule has 0 radical (unpaired) electrons. The van der Waals surface area contributed by atoms with Crippen LogP contribution < -0.4 is 10.1 Å². The van der Waals surface area contributed by atoms with Crippen LogP contribution in [0.25, 0.3) is 0 Å². The van der Waals surface area contributed by atoms with Crippen LogP contribution in [0.3, 0.4) is 0 Å². The quantitative estimate of drug-likeness (QED) is 0.757. The van der Waals surface area contributed by atoms with E-state index in [1.165, 1.54) is 0 Å². The van der Waals surface area contributed by atoms with Crippen LogP contribution in [0.2, 0.25) is 0 Å². The lowest BCUT2D eigenvalue weighted by Crippen LogP contribution is -2.35. The van der Waals surface area contributed by atoms with Crippen LogP contribution in [0.15, 0.2) is 18.3 Å². The number of pyridine rings is 1. The van der Waals surface area contributed by atoms with Gasteiger partial charge in [0, 0.05) is 31.0 Å². The molecule has 102 valence electrons. The van der Waals surface area contributed by atoms with Crippen molar-refractivity contribution in [1.29, 1.82) is 0 Å². The summed E-state index contributed by atoms with van der Waals surface area (Å²) in [5.74, 6) is 0.647. The molecule has 0 aromatic carbocycles. The summed E-state index contributed by atoms with van der Waals surface area (Å²) in [5.41, 5.74) is 1.27. The molecule has 1 aromatic heterocycles. The highest BCUT2D eigenvalue weighted by Gasteiger charge is 2.08. The highest BCUT2D eigenvalue weighted by molar-refractivity contribution is 5.17. The van der Waals surface area contributed by atoms with E-state index in [2.05, 4.69) is 31.1 Å². The van der Waals surface area contributed by atoms with E-state index in [1.807, 2.05) is 25.3 Å². The number of nitrogens with one attached hydrogen (secondary N) is 1. The van der Waals surface area contributed by atoms with Gasteiger partial charge in [-0.15, -0.1) is 0 Å². The monoisotopic (exact) mass is 252 g/mol. The highest BCUT2D eigenvalue weighted by atomic mass is 16.5. The second-order valence-corrected chi connectivity index (χ2v) is 5.15. The molecule has 0 fully saturated rings. The molecule has 4 heteroatoms. The lowest BCUT2D eigenvalue weighted by Gasteiger charge is -2.20. The minimum Gasteiger partial charge on any atom is -0.475 e. The van der Waals surface area contributed by atoms with E-state index in [9.17, 15) is 0 Å². The molecule has 0 bridgehead atoms. The zero-order valence-corrected chi connectivity index (χ0v) is 11.8. The molecule has 0 aliphatic carbocycles. The predicted octanol–water partition coefficient (Wildman–Crippen LogP) is 2.39. The van der Waals surface area contributed by atoms with Gasteiger partial charge in [0.15, 0.2) is 0 Å². The summed E-state index contributed by atoms with van der Waals surface area (Å²) in [6, 6.07) is 3.92. The Morgan fingerprint density at radius 2 is 2.00 bits per heavy atom. The van der Waals surface area contributed by atoms with Crippen LogP contribution in [0.4, 0.5) is 0 Å². The minimum atomic E-state index is 0.118. The van der Waals surface area contributed by atoms with Crippen molar-refractivity contribution in [2.24, 2.45) is 0 Å². The SMILES string of the molecule is CCOCCOc1ccc(CNC(C)(C)C)cn1. The van der Waals surface area contributed by atoms with E-state index in [4.69, 9.17) is 9.47 Å². The second-order valence-electron chi connectivity index (χ2n) is 5.15. The van der Waals surface area contributed by atoms with Crippen molar-refractivity contribution in [2.75, 3.05) is 19.8 Å². The van der Waals surface area contributed by atoms with Gasteiger partial charge < -0.3 is 14.8 Å². The first-order chi connectivity index (χ1) is 8.51. The van der Waals surface area contributed by atoms with E-state index in [-0.39, 0.29) is 5.54 Å². The van der Waals surface area contributed by atoms with Gasteiger partial charge in [-0.05, 0) is 33.3 Å². The summed E-state index contributed by atoms with van der Waals surface area (Å²) in [6.45, 7) is 11.1. The molecule has 1 aromatic rings. The van der Waals surface area contributed by atoms with Crippen molar-refractivity contribution in [2.45, 2.75) is 39.8 Å². The molecule has 0 atom stereocenters. The van der Waals surface area contributed by atoms with E-state index in [1.54, 1.807) is 0 Å². The molecule has 1 rings (SSSR count). The van der Waals surface area contributed by atoms with Crippen LogP contribution in [-0.2, 0) is 11.3 Å². The Morgan fingerprint density at radius 3 is 2.56 bits per heavy atom. The molecule has 0 aliphatic heterocycles. The Morgan fingerprint density at radius 1 is 1.22 bits per heavy atom. The fourth-order valence-electron chi connectivity index (χ4n) is 1.32. The Hall–Kier alpha value is -1.13. The van der Waals surface area contributed by atoms with Crippen molar-refractivity contribution >= 4 is 0 Å². The first-order valence-electron chi connectivity index (χ1n) is 6.42. The van der Waals surface area contributed by atoms with Crippen LogP contribution in [0.5, 0.6) is 5.88 Å². The molecule has 0 aliphatic rings. The average Bonchev–Trinajstić information content (AvgIpc) is 2.33. The summed E-state index contributed by atoms with van der Waals surface area (Å²) in [4.78, 5) is 4.26. The second kappa shape index (κ2) is 7.34. The van der Waals surface area contributed by atoms with Gasteiger partial charge in [-0.1, -0.05) is 6.07 Å². The lowest BCUT2D eigenvalue weighted by molar-refractivity contribution is 0.108. The lowest BCUT2D eigenvalue weighted by atomic mass is 10.1. The average molecular weight is 252 g/mol. The molecule has 1 heterocycles. The normalized spacial score (nSPS) is 11.6. The summed E-state index contributed by atoms with van der Waals surface area (Å²) in [5, 5.41) is 3.42. The van der Waals surface area contributed by atoms with Crippen molar-refractivity contribution in [3.63, 3.8) is 0 Å². The summed E-state index contributed by atoms with van der Waals surface area (Å²) in [7, 11) is 0. The Balaban J connectivity index is 2.33. The number of hydrogen-bond acceptors (Lipinski definition) is 4. The minimum absolute atomic E-state index is 0.118. The van der Waals surface area contributed by atoms with Gasteiger partial charge in [0.2, 0.25) is 5.88 Å². The first-order valence-corrected chi connectivity index (χ1v) is 6.42. The van der Waals surface area contributed by atoms with Crippen LogP contribution in [-0.4, -0.2) is 30.3 Å². The fraction of sp³-hybridized carbons (Fsp3) is 0.643. The van der Waals surface area contributed by atoms with Crippen LogP contribution in [0, 0.1) is 0 Å². The first kappa shape index (κ1) is 14.9. The highest BCUT2D eigenvalue weighted by Crippen LogP contribution is 2.09. The predicted molar refractivity (Wildman–Crippen MR) is 72.8 cm³/mol. The fourth-order valence-corrected chi connectivity index (χ4v) is 1.32. The Labute approximate surface area is 110 Å². The smallest absolute Gasteiger partial charge is 0.213 e. The van der Waals surface area contributed by atoms with E-state index < -0.39 is 0 Å². The molecule has 0 unspecified atom stereocenters.